The smallest absolute Gasteiger partial charge is 0.239 e. The molecule has 1 fully saturated rings. The Hall–Kier alpha value is -1.97. The third-order valence-electron chi connectivity index (χ3n) is 3.45. The third kappa shape index (κ3) is 3.78. The molecule has 6 heteroatoms. The Kier molecular flexibility index (Phi) is 5.26. The lowest BCUT2D eigenvalue weighted by atomic mass is 10.1. The van der Waals surface area contributed by atoms with Gasteiger partial charge in [0.2, 0.25) is 5.91 Å². The molecule has 1 heterocycles. The van der Waals surface area contributed by atoms with Gasteiger partial charge in [-0.05, 0) is 30.7 Å². The fourth-order valence-corrected chi connectivity index (χ4v) is 2.38. The van der Waals surface area contributed by atoms with Crippen LogP contribution in [0.2, 0.25) is 0 Å². The van der Waals surface area contributed by atoms with Crippen molar-refractivity contribution in [1.82, 2.24) is 10.2 Å². The molecule has 0 aromatic heterocycles. The Morgan fingerprint density at radius 2 is 2.43 bits per heavy atom. The van der Waals surface area contributed by atoms with Crippen LogP contribution in [0.1, 0.15) is 18.1 Å². The van der Waals surface area contributed by atoms with Gasteiger partial charge in [0.15, 0.2) is 0 Å². The minimum atomic E-state index is -0.409. The van der Waals surface area contributed by atoms with E-state index in [2.05, 4.69) is 11.4 Å². The summed E-state index contributed by atoms with van der Waals surface area (Å²) in [4.78, 5) is 14.0. The van der Waals surface area contributed by atoms with Crippen LogP contribution in [0.15, 0.2) is 18.2 Å². The number of carbonyl (C=O) groups excluding carboxylic acids is 1. The van der Waals surface area contributed by atoms with Crippen LogP contribution >= 0.6 is 0 Å². The van der Waals surface area contributed by atoms with E-state index in [9.17, 15) is 9.18 Å². The van der Waals surface area contributed by atoms with Crippen LogP contribution in [0, 0.1) is 17.1 Å². The molecular weight excluding hydrogens is 273 g/mol. The Labute approximate surface area is 123 Å². The van der Waals surface area contributed by atoms with E-state index in [1.54, 1.807) is 0 Å². The van der Waals surface area contributed by atoms with Gasteiger partial charge in [0.05, 0.1) is 24.8 Å². The van der Waals surface area contributed by atoms with E-state index >= 15 is 0 Å². The van der Waals surface area contributed by atoms with Gasteiger partial charge in [0.25, 0.3) is 0 Å². The number of hydrogen-bond donors (Lipinski definition) is 1. The zero-order valence-electron chi connectivity index (χ0n) is 11.9. The molecule has 0 spiro atoms. The highest BCUT2D eigenvalue weighted by Gasteiger charge is 2.29. The summed E-state index contributed by atoms with van der Waals surface area (Å²) in [6, 6.07) is 5.73. The van der Waals surface area contributed by atoms with Gasteiger partial charge in [-0.1, -0.05) is 0 Å². The van der Waals surface area contributed by atoms with Crippen molar-refractivity contribution in [2.75, 3.05) is 26.3 Å². The summed E-state index contributed by atoms with van der Waals surface area (Å²) in [5, 5.41) is 11.9. The predicted octanol–water partition coefficient (Wildman–Crippen LogP) is 1.03. The minimum Gasteiger partial charge on any atom is -0.378 e. The number of rotatable bonds is 4. The number of amides is 1. The summed E-state index contributed by atoms with van der Waals surface area (Å²) < 4.78 is 18.7. The first-order valence-electron chi connectivity index (χ1n) is 6.93. The molecule has 1 aliphatic heterocycles. The van der Waals surface area contributed by atoms with E-state index in [-0.39, 0.29) is 11.7 Å². The molecule has 2 rings (SSSR count). The molecule has 0 radical (unpaired) electrons. The molecule has 1 atom stereocenters. The first-order valence-corrected chi connectivity index (χ1v) is 6.93. The molecule has 1 unspecified atom stereocenters. The van der Waals surface area contributed by atoms with Gasteiger partial charge >= 0.3 is 0 Å². The average molecular weight is 291 g/mol. The Morgan fingerprint density at radius 3 is 3.14 bits per heavy atom. The van der Waals surface area contributed by atoms with Crippen LogP contribution in [-0.2, 0) is 16.1 Å². The van der Waals surface area contributed by atoms with Gasteiger partial charge < -0.3 is 10.1 Å². The maximum absolute atomic E-state index is 13.4. The van der Waals surface area contributed by atoms with Gasteiger partial charge in [-0.25, -0.2) is 4.39 Å². The van der Waals surface area contributed by atoms with Crippen molar-refractivity contribution in [3.8, 4) is 6.07 Å². The molecule has 1 N–H and O–H groups in total. The van der Waals surface area contributed by atoms with Gasteiger partial charge in [-0.15, -0.1) is 0 Å². The van der Waals surface area contributed by atoms with E-state index in [0.717, 1.165) is 0 Å². The molecule has 5 nitrogen and oxygen atoms in total. The van der Waals surface area contributed by atoms with E-state index in [4.69, 9.17) is 10.00 Å². The van der Waals surface area contributed by atoms with Crippen LogP contribution in [0.4, 0.5) is 4.39 Å². The van der Waals surface area contributed by atoms with E-state index in [1.807, 2.05) is 11.8 Å². The number of nitrogens with one attached hydrogen (secondary N) is 1. The van der Waals surface area contributed by atoms with Crippen LogP contribution < -0.4 is 5.32 Å². The maximum atomic E-state index is 13.4. The van der Waals surface area contributed by atoms with Crippen LogP contribution in [0.25, 0.3) is 0 Å². The van der Waals surface area contributed by atoms with E-state index in [0.29, 0.717) is 44.0 Å². The number of likely N-dealkylation sites (N-methyl/N-ethyl adjacent to an activating group) is 1. The van der Waals surface area contributed by atoms with Gasteiger partial charge in [0, 0.05) is 19.6 Å². The van der Waals surface area contributed by atoms with Crippen molar-refractivity contribution in [3.05, 3.63) is 35.1 Å². The predicted molar refractivity (Wildman–Crippen MR) is 74.8 cm³/mol. The second-order valence-electron chi connectivity index (χ2n) is 4.87. The number of carbonyl (C=O) groups is 1. The molecule has 1 aromatic carbocycles. The topological polar surface area (TPSA) is 65.4 Å². The lowest BCUT2D eigenvalue weighted by Crippen LogP contribution is -2.53. The molecule has 21 heavy (non-hydrogen) atoms. The van der Waals surface area contributed by atoms with Crippen molar-refractivity contribution in [2.45, 2.75) is 19.5 Å². The lowest BCUT2D eigenvalue weighted by molar-refractivity contribution is -0.132. The summed E-state index contributed by atoms with van der Waals surface area (Å²) in [6.45, 7) is 4.16. The summed E-state index contributed by atoms with van der Waals surface area (Å²) >= 11 is 0. The monoisotopic (exact) mass is 291 g/mol. The molecular formula is C15H18FN3O2. The summed E-state index contributed by atoms with van der Waals surface area (Å²) in [6.07, 6.45) is 0. The highest BCUT2D eigenvalue weighted by atomic mass is 19.1. The minimum absolute atomic E-state index is 0.105. The first kappa shape index (κ1) is 15.4. The Balaban J connectivity index is 2.18. The van der Waals surface area contributed by atoms with E-state index in [1.165, 1.54) is 18.2 Å². The Bertz CT molecular complexity index is 556. The number of benzene rings is 1. The van der Waals surface area contributed by atoms with E-state index < -0.39 is 6.04 Å². The normalized spacial score (nSPS) is 19.0. The van der Waals surface area contributed by atoms with Crippen molar-refractivity contribution < 1.29 is 13.9 Å². The average Bonchev–Trinajstić information content (AvgIpc) is 2.48. The fourth-order valence-electron chi connectivity index (χ4n) is 2.38. The molecule has 0 saturated carbocycles. The molecule has 1 saturated heterocycles. The molecule has 1 aliphatic rings. The second-order valence-corrected chi connectivity index (χ2v) is 4.87. The number of hydrogen-bond acceptors (Lipinski definition) is 4. The first-order chi connectivity index (χ1) is 10.2. The van der Waals surface area contributed by atoms with Crippen molar-refractivity contribution in [1.29, 1.82) is 5.26 Å². The number of halogens is 1. The fraction of sp³-hybridized carbons (Fsp3) is 0.467. The summed E-state index contributed by atoms with van der Waals surface area (Å²) in [7, 11) is 0. The van der Waals surface area contributed by atoms with Gasteiger partial charge in [0.1, 0.15) is 11.9 Å². The lowest BCUT2D eigenvalue weighted by Gasteiger charge is -2.34. The largest absolute Gasteiger partial charge is 0.378 e. The van der Waals surface area contributed by atoms with Crippen molar-refractivity contribution in [2.24, 2.45) is 0 Å². The maximum Gasteiger partial charge on any atom is 0.239 e. The van der Waals surface area contributed by atoms with Crippen LogP contribution in [0.5, 0.6) is 0 Å². The number of ether oxygens (including phenoxy) is 1. The standard InChI is InChI=1S/C15H18FN3O2/c1-2-18-15(20)14-10-21-6-5-19(14)9-12-7-13(16)4-3-11(12)8-17/h3-4,7,14H,2,5-6,9-10H2,1H3,(H,18,20). The van der Waals surface area contributed by atoms with Crippen molar-refractivity contribution in [3.63, 3.8) is 0 Å². The zero-order chi connectivity index (χ0) is 15.2. The third-order valence-corrected chi connectivity index (χ3v) is 3.45. The highest BCUT2D eigenvalue weighted by molar-refractivity contribution is 5.81. The summed E-state index contributed by atoms with van der Waals surface area (Å²) in [5.74, 6) is -0.487. The molecule has 0 aliphatic carbocycles. The quantitative estimate of drug-likeness (QED) is 0.900. The number of nitrogens with zero attached hydrogens (tertiary/aromatic N) is 2. The van der Waals surface area contributed by atoms with Crippen LogP contribution in [-0.4, -0.2) is 43.2 Å². The molecule has 112 valence electrons. The molecule has 1 amide bonds. The summed E-state index contributed by atoms with van der Waals surface area (Å²) in [5.41, 5.74) is 1.02. The van der Waals surface area contributed by atoms with Gasteiger partial charge in [-0.3, -0.25) is 9.69 Å². The van der Waals surface area contributed by atoms with Crippen molar-refractivity contribution >= 4 is 5.91 Å². The highest BCUT2D eigenvalue weighted by Crippen LogP contribution is 2.17. The number of nitriles is 1. The Morgan fingerprint density at radius 1 is 1.62 bits per heavy atom. The zero-order valence-corrected chi connectivity index (χ0v) is 11.9. The number of morpholine rings is 1. The SMILES string of the molecule is CCNC(=O)C1COCCN1Cc1cc(F)ccc1C#N. The second kappa shape index (κ2) is 7.16. The molecule has 0 bridgehead atoms. The van der Waals surface area contributed by atoms with Gasteiger partial charge in [-0.2, -0.15) is 5.26 Å². The van der Waals surface area contributed by atoms with Crippen LogP contribution in [0.3, 0.4) is 0 Å². The molecule has 1 aromatic rings.